The van der Waals surface area contributed by atoms with Gasteiger partial charge >= 0.3 is 0 Å². The van der Waals surface area contributed by atoms with Crippen LogP contribution in [0.2, 0.25) is 8.67 Å². The fourth-order valence-corrected chi connectivity index (χ4v) is 11.5. The number of thiophene rings is 2. The van der Waals surface area contributed by atoms with E-state index in [1.807, 2.05) is 157 Å². The molecule has 0 aliphatic carbocycles. The Hall–Kier alpha value is -7.76. The van der Waals surface area contributed by atoms with Gasteiger partial charge in [0.25, 0.3) is 23.6 Å². The molecule has 2 saturated heterocycles. The van der Waals surface area contributed by atoms with Crippen LogP contribution in [0, 0.1) is 6.92 Å². The molecule has 76 heavy (non-hydrogen) atoms. The van der Waals surface area contributed by atoms with Crippen molar-refractivity contribution in [3.63, 3.8) is 0 Å². The maximum atomic E-state index is 13.8. The Kier molecular flexibility index (Phi) is 15.9. The molecule has 1 unspecified atom stereocenters. The molecule has 0 radical (unpaired) electrons. The van der Waals surface area contributed by atoms with E-state index in [2.05, 4.69) is 24.8 Å². The topological polar surface area (TPSA) is 145 Å². The number of piperazine rings is 2. The maximum Gasteiger partial charge on any atom is 0.264 e. The minimum atomic E-state index is -0.328. The van der Waals surface area contributed by atoms with E-state index in [-0.39, 0.29) is 29.7 Å². The number of nitrogens with zero attached hydrogens (tertiary/aromatic N) is 8. The zero-order valence-corrected chi connectivity index (χ0v) is 45.0. The number of nitrogens with one attached hydrogen (secondary N) is 2. The van der Waals surface area contributed by atoms with Gasteiger partial charge < -0.3 is 34.5 Å². The summed E-state index contributed by atoms with van der Waals surface area (Å²) in [5, 5.41) is 0. The summed E-state index contributed by atoms with van der Waals surface area (Å²) in [6.45, 7) is 9.78. The summed E-state index contributed by atoms with van der Waals surface area (Å²) in [5.41, 5.74) is 7.63. The molecule has 2 N–H and O–H groups in total. The number of aromatic nitrogens is 4. The van der Waals surface area contributed by atoms with E-state index >= 15 is 0 Å². The van der Waals surface area contributed by atoms with E-state index in [0.717, 1.165) is 77.3 Å². The number of benzene rings is 5. The van der Waals surface area contributed by atoms with Crippen LogP contribution in [0.4, 0.5) is 22.7 Å². The third-order valence-electron chi connectivity index (χ3n) is 13.5. The molecule has 0 spiro atoms. The zero-order valence-electron chi connectivity index (χ0n) is 41.8. The van der Waals surface area contributed by atoms with Crippen molar-refractivity contribution in [3.8, 4) is 0 Å². The lowest BCUT2D eigenvalue weighted by Gasteiger charge is -2.36. The van der Waals surface area contributed by atoms with Gasteiger partial charge in [-0.25, -0.2) is 9.97 Å². The molecule has 0 saturated carbocycles. The molecular formula is C58H54Cl2N10O4S2. The molecule has 9 aromatic rings. The minimum Gasteiger partial charge on any atom is -0.368 e. The van der Waals surface area contributed by atoms with Crippen molar-refractivity contribution in [3.05, 3.63) is 211 Å². The van der Waals surface area contributed by atoms with Gasteiger partial charge in [-0.3, -0.25) is 24.1 Å². The summed E-state index contributed by atoms with van der Waals surface area (Å²) >= 11 is 14.6. The lowest BCUT2D eigenvalue weighted by atomic mass is 10.1. The highest BCUT2D eigenvalue weighted by Crippen LogP contribution is 2.32. The molecule has 2 fully saturated rings. The second-order valence-electron chi connectivity index (χ2n) is 18.4. The van der Waals surface area contributed by atoms with Crippen LogP contribution in [0.25, 0.3) is 11.0 Å². The number of amides is 4. The highest BCUT2D eigenvalue weighted by atomic mass is 35.5. The number of aryl methyl sites for hydroxylation is 1. The van der Waals surface area contributed by atoms with Crippen molar-refractivity contribution in [2.75, 3.05) is 72.0 Å². The van der Waals surface area contributed by atoms with Crippen molar-refractivity contribution < 1.29 is 19.2 Å². The third-order valence-corrected chi connectivity index (χ3v) is 15.9. The lowest BCUT2D eigenvalue weighted by molar-refractivity contribution is 0.0744. The summed E-state index contributed by atoms with van der Waals surface area (Å²) in [7, 11) is 0. The first-order valence-electron chi connectivity index (χ1n) is 25.0. The SMILES string of the molecule is CC(c1nc2ccccc2[nH]1)N(C(=O)c1ccccc1)c1ccc(N2CCN(C(=O)c3ccc(Cl)s3)CC2)cc1.Cc1ncc(CN(C(=O)c2ccccc2)c2ccc(N3CCN(C(=O)c4ccc(Cl)s4)CC3)cc2)[nH]1. The van der Waals surface area contributed by atoms with Gasteiger partial charge in [-0.05, 0) is 123 Å². The van der Waals surface area contributed by atoms with Crippen LogP contribution in [-0.4, -0.2) is 106 Å². The van der Waals surface area contributed by atoms with Gasteiger partial charge in [-0.1, -0.05) is 71.7 Å². The standard InChI is InChI=1S/C31H28ClN5O2S.C27H26ClN5O2S/c1-21(29-33-25-9-5-6-10-26(25)34-29)37(30(38)22-7-3-2-4-8-22)24-13-11-23(12-14-24)35-17-19-36(20-18-35)31(39)27-15-16-28(32)40-27;1-19-29-17-21(30-19)18-33(26(34)20-5-3-2-4-6-20)23-9-7-22(8-10-23)31-13-15-32(16-14-31)27(35)24-11-12-25(28)36-24/h2-16,21H,17-20H2,1H3,(H,33,34);2-12,17H,13-16,18H2,1H3,(H,29,30). The molecule has 14 nitrogen and oxygen atoms in total. The number of rotatable bonds is 12. The number of anilines is 4. The number of imidazole rings is 2. The molecule has 4 aromatic heterocycles. The normalized spacial score (nSPS) is 14.0. The van der Waals surface area contributed by atoms with Crippen LogP contribution >= 0.6 is 45.9 Å². The van der Waals surface area contributed by atoms with Gasteiger partial charge in [0.05, 0.1) is 53.9 Å². The molecule has 1 atom stereocenters. The maximum absolute atomic E-state index is 13.8. The number of hydrogen-bond donors (Lipinski definition) is 2. The van der Waals surface area contributed by atoms with Crippen molar-refractivity contribution in [2.45, 2.75) is 26.4 Å². The number of halogens is 2. The summed E-state index contributed by atoms with van der Waals surface area (Å²) < 4.78 is 1.25. The average Bonchev–Trinajstić information content (AvgIpc) is 4.31. The molecule has 2 aliphatic rings. The van der Waals surface area contributed by atoms with Gasteiger partial charge in [-0.15, -0.1) is 22.7 Å². The number of carbonyl (C=O) groups excluding carboxylic acids is 4. The van der Waals surface area contributed by atoms with E-state index in [9.17, 15) is 19.2 Å². The van der Waals surface area contributed by atoms with Gasteiger partial charge in [0.1, 0.15) is 11.6 Å². The number of aromatic amines is 2. The van der Waals surface area contributed by atoms with E-state index in [4.69, 9.17) is 28.2 Å². The summed E-state index contributed by atoms with van der Waals surface area (Å²) in [4.78, 5) is 81.6. The first kappa shape index (κ1) is 51.7. The number of carbonyl (C=O) groups is 4. The van der Waals surface area contributed by atoms with Crippen LogP contribution in [0.1, 0.15) is 70.4 Å². The van der Waals surface area contributed by atoms with Crippen LogP contribution in [-0.2, 0) is 6.54 Å². The predicted molar refractivity (Wildman–Crippen MR) is 306 cm³/mol. The van der Waals surface area contributed by atoms with Crippen molar-refractivity contribution in [1.82, 2.24) is 29.7 Å². The number of para-hydroxylation sites is 2. The first-order chi connectivity index (χ1) is 36.9. The second-order valence-corrected chi connectivity index (χ2v) is 21.8. The summed E-state index contributed by atoms with van der Waals surface area (Å²) in [6.07, 6.45) is 1.76. The van der Waals surface area contributed by atoms with E-state index in [1.165, 1.54) is 22.7 Å². The number of H-pyrrole nitrogens is 2. The molecule has 6 heterocycles. The Morgan fingerprint density at radius 3 is 1.54 bits per heavy atom. The van der Waals surface area contributed by atoms with Gasteiger partial charge in [0.15, 0.2) is 0 Å². The monoisotopic (exact) mass is 1090 g/mol. The zero-order chi connectivity index (χ0) is 52.7. The number of fused-ring (bicyclic) bond motifs is 1. The van der Waals surface area contributed by atoms with Crippen molar-refractivity contribution in [2.24, 2.45) is 0 Å². The van der Waals surface area contributed by atoms with Gasteiger partial charge in [0, 0.05) is 86.2 Å². The predicted octanol–water partition coefficient (Wildman–Crippen LogP) is 11.9. The van der Waals surface area contributed by atoms with Crippen molar-refractivity contribution >= 4 is 103 Å². The Labute approximate surface area is 458 Å². The lowest BCUT2D eigenvalue weighted by Crippen LogP contribution is -2.48. The number of hydrogen-bond acceptors (Lipinski definition) is 10. The Morgan fingerprint density at radius 1 is 0.579 bits per heavy atom. The Morgan fingerprint density at radius 2 is 1.07 bits per heavy atom. The molecule has 2 aliphatic heterocycles. The highest BCUT2D eigenvalue weighted by molar-refractivity contribution is 7.18. The smallest absolute Gasteiger partial charge is 0.264 e. The molecule has 4 amide bonds. The van der Waals surface area contributed by atoms with Gasteiger partial charge in [-0.2, -0.15) is 0 Å². The largest absolute Gasteiger partial charge is 0.368 e. The molecule has 0 bridgehead atoms. The van der Waals surface area contributed by atoms with Crippen LogP contribution in [0.5, 0.6) is 0 Å². The minimum absolute atomic E-state index is 0.0292. The van der Waals surface area contributed by atoms with Crippen LogP contribution in [0.15, 0.2) is 164 Å². The molecule has 5 aromatic carbocycles. The Bertz CT molecular complexity index is 3410. The highest BCUT2D eigenvalue weighted by Gasteiger charge is 2.29. The third kappa shape index (κ3) is 11.9. The van der Waals surface area contributed by atoms with Gasteiger partial charge in [0.2, 0.25) is 0 Å². The summed E-state index contributed by atoms with van der Waals surface area (Å²) in [5.74, 6) is 1.43. The van der Waals surface area contributed by atoms with Crippen molar-refractivity contribution in [1.29, 1.82) is 0 Å². The van der Waals surface area contributed by atoms with E-state index in [0.29, 0.717) is 62.3 Å². The van der Waals surface area contributed by atoms with E-state index < -0.39 is 0 Å². The summed E-state index contributed by atoms with van der Waals surface area (Å²) in [6, 6.07) is 49.3. The molecule has 18 heteroatoms. The fourth-order valence-electron chi connectivity index (χ4n) is 9.44. The first-order valence-corrected chi connectivity index (χ1v) is 27.3. The van der Waals surface area contributed by atoms with Crippen LogP contribution < -0.4 is 19.6 Å². The quantitative estimate of drug-likeness (QED) is 0.123. The van der Waals surface area contributed by atoms with Crippen LogP contribution in [0.3, 0.4) is 0 Å². The average molecular weight is 1090 g/mol. The fraction of sp³-hybridized carbons (Fsp3) is 0.207. The second kappa shape index (κ2) is 23.4. The molecule has 11 rings (SSSR count). The Balaban J connectivity index is 0.000000174. The van der Waals surface area contributed by atoms with E-state index in [1.54, 1.807) is 40.3 Å². The molecule has 386 valence electrons. The molecular weight excluding hydrogens is 1040 g/mol.